The Hall–Kier alpha value is -2.89. The van der Waals surface area contributed by atoms with E-state index in [4.69, 9.17) is 9.47 Å². The van der Waals surface area contributed by atoms with Crippen molar-refractivity contribution in [2.45, 2.75) is 0 Å². The van der Waals surface area contributed by atoms with Gasteiger partial charge in [-0.2, -0.15) is 0 Å². The fourth-order valence-electron chi connectivity index (χ4n) is 1.88. The molecule has 1 N–H and O–H groups in total. The average molecular weight is 319 g/mol. The normalized spacial score (nSPS) is 10.6. The Morgan fingerprint density at radius 2 is 1.83 bits per heavy atom. The van der Waals surface area contributed by atoms with Crippen LogP contribution in [0.4, 0.5) is 14.5 Å². The van der Waals surface area contributed by atoms with E-state index in [9.17, 15) is 13.6 Å². The van der Waals surface area contributed by atoms with Crippen molar-refractivity contribution in [1.29, 1.82) is 0 Å². The molecule has 0 saturated carbocycles. The van der Waals surface area contributed by atoms with Gasteiger partial charge in [-0.15, -0.1) is 0 Å². The van der Waals surface area contributed by atoms with Gasteiger partial charge in [-0.05, 0) is 30.3 Å². The minimum absolute atomic E-state index is 0.167. The second kappa shape index (κ2) is 7.40. The Balaban J connectivity index is 2.10. The lowest BCUT2D eigenvalue weighted by Gasteiger charge is -2.07. The predicted octanol–water partition coefficient (Wildman–Crippen LogP) is 3.63. The molecule has 0 unspecified atom stereocenters. The molecule has 0 atom stereocenters. The van der Waals surface area contributed by atoms with Gasteiger partial charge < -0.3 is 14.8 Å². The molecule has 1 amide bonds. The van der Waals surface area contributed by atoms with Crippen LogP contribution in [0.3, 0.4) is 0 Å². The van der Waals surface area contributed by atoms with E-state index in [-0.39, 0.29) is 5.69 Å². The third-order valence-electron chi connectivity index (χ3n) is 3.04. The monoisotopic (exact) mass is 319 g/mol. The number of hydrogen-bond acceptors (Lipinski definition) is 3. The van der Waals surface area contributed by atoms with Crippen molar-refractivity contribution >= 4 is 17.7 Å². The summed E-state index contributed by atoms with van der Waals surface area (Å²) in [5.74, 6) is -1.30. The highest BCUT2D eigenvalue weighted by atomic mass is 19.2. The highest BCUT2D eigenvalue weighted by Gasteiger charge is 2.05. The first-order valence-corrected chi connectivity index (χ1v) is 6.69. The standard InChI is InChI=1S/C17H15F2NO3/c1-22-13-6-3-11(16(10-13)23-2)4-8-17(21)20-12-5-7-14(18)15(19)9-12/h3-10H,1-2H3,(H,20,21)/b8-4+. The van der Waals surface area contributed by atoms with Gasteiger partial charge in [0.1, 0.15) is 11.5 Å². The third-order valence-corrected chi connectivity index (χ3v) is 3.04. The quantitative estimate of drug-likeness (QED) is 0.856. The SMILES string of the molecule is COc1ccc(/C=C/C(=O)Nc2ccc(F)c(F)c2)c(OC)c1. The molecule has 2 aromatic carbocycles. The van der Waals surface area contributed by atoms with E-state index in [2.05, 4.69) is 5.32 Å². The van der Waals surface area contributed by atoms with Gasteiger partial charge in [0.25, 0.3) is 0 Å². The zero-order valence-electron chi connectivity index (χ0n) is 12.6. The van der Waals surface area contributed by atoms with Crippen LogP contribution in [-0.4, -0.2) is 20.1 Å². The Bertz CT molecular complexity index is 745. The van der Waals surface area contributed by atoms with Crippen molar-refractivity contribution in [1.82, 2.24) is 0 Å². The predicted molar refractivity (Wildman–Crippen MR) is 83.6 cm³/mol. The molecule has 23 heavy (non-hydrogen) atoms. The number of halogens is 2. The Morgan fingerprint density at radius 3 is 2.48 bits per heavy atom. The fourth-order valence-corrected chi connectivity index (χ4v) is 1.88. The van der Waals surface area contributed by atoms with Crippen molar-refractivity contribution in [3.05, 3.63) is 59.7 Å². The van der Waals surface area contributed by atoms with Crippen molar-refractivity contribution in [2.75, 3.05) is 19.5 Å². The van der Waals surface area contributed by atoms with Crippen LogP contribution in [0.1, 0.15) is 5.56 Å². The van der Waals surface area contributed by atoms with Crippen molar-refractivity contribution in [3.63, 3.8) is 0 Å². The van der Waals surface area contributed by atoms with E-state index in [1.54, 1.807) is 31.4 Å². The summed E-state index contributed by atoms with van der Waals surface area (Å²) < 4.78 is 36.2. The van der Waals surface area contributed by atoms with Crippen LogP contribution in [-0.2, 0) is 4.79 Å². The topological polar surface area (TPSA) is 47.6 Å². The lowest BCUT2D eigenvalue weighted by atomic mass is 10.1. The average Bonchev–Trinajstić information content (AvgIpc) is 2.56. The molecular formula is C17H15F2NO3. The molecule has 0 aliphatic heterocycles. The van der Waals surface area contributed by atoms with Crippen LogP contribution in [0.5, 0.6) is 11.5 Å². The van der Waals surface area contributed by atoms with Gasteiger partial charge in [0.05, 0.1) is 14.2 Å². The molecule has 2 aromatic rings. The summed E-state index contributed by atoms with van der Waals surface area (Å²) in [4.78, 5) is 11.8. The molecule has 0 spiro atoms. The summed E-state index contributed by atoms with van der Waals surface area (Å²) in [7, 11) is 3.05. The smallest absolute Gasteiger partial charge is 0.248 e. The van der Waals surface area contributed by atoms with E-state index in [0.29, 0.717) is 17.1 Å². The van der Waals surface area contributed by atoms with Crippen LogP contribution in [0.25, 0.3) is 6.08 Å². The van der Waals surface area contributed by atoms with E-state index >= 15 is 0 Å². The second-order valence-corrected chi connectivity index (χ2v) is 4.56. The third kappa shape index (κ3) is 4.29. The highest BCUT2D eigenvalue weighted by molar-refractivity contribution is 6.02. The molecule has 120 valence electrons. The largest absolute Gasteiger partial charge is 0.497 e. The summed E-state index contributed by atoms with van der Waals surface area (Å²) >= 11 is 0. The number of carbonyl (C=O) groups excluding carboxylic acids is 1. The van der Waals surface area contributed by atoms with Gasteiger partial charge in [-0.3, -0.25) is 4.79 Å². The van der Waals surface area contributed by atoms with Gasteiger partial charge in [0, 0.05) is 29.5 Å². The number of ether oxygens (including phenoxy) is 2. The maximum Gasteiger partial charge on any atom is 0.248 e. The summed E-state index contributed by atoms with van der Waals surface area (Å²) in [5, 5.41) is 2.44. The zero-order valence-corrected chi connectivity index (χ0v) is 12.6. The summed E-state index contributed by atoms with van der Waals surface area (Å²) in [6.45, 7) is 0. The van der Waals surface area contributed by atoms with E-state index in [0.717, 1.165) is 12.1 Å². The minimum Gasteiger partial charge on any atom is -0.497 e. The molecule has 0 saturated heterocycles. The van der Waals surface area contributed by atoms with Crippen LogP contribution >= 0.6 is 0 Å². The number of anilines is 1. The molecule has 0 fully saturated rings. The number of hydrogen-bond donors (Lipinski definition) is 1. The molecule has 0 heterocycles. The molecule has 0 aliphatic rings. The fraction of sp³-hybridized carbons (Fsp3) is 0.118. The van der Waals surface area contributed by atoms with Gasteiger partial charge >= 0.3 is 0 Å². The number of benzene rings is 2. The van der Waals surface area contributed by atoms with Crippen LogP contribution in [0, 0.1) is 11.6 Å². The van der Waals surface area contributed by atoms with Crippen LogP contribution in [0.2, 0.25) is 0 Å². The first-order valence-electron chi connectivity index (χ1n) is 6.69. The van der Waals surface area contributed by atoms with E-state index in [1.807, 2.05) is 0 Å². The summed E-state index contributed by atoms with van der Waals surface area (Å²) in [6.07, 6.45) is 2.82. The van der Waals surface area contributed by atoms with Crippen molar-refractivity contribution in [3.8, 4) is 11.5 Å². The van der Waals surface area contributed by atoms with E-state index in [1.165, 1.54) is 19.3 Å². The highest BCUT2D eigenvalue weighted by Crippen LogP contribution is 2.25. The Kier molecular flexibility index (Phi) is 5.30. The number of carbonyl (C=O) groups is 1. The van der Waals surface area contributed by atoms with Gasteiger partial charge in [0.2, 0.25) is 5.91 Å². The molecule has 6 heteroatoms. The van der Waals surface area contributed by atoms with Gasteiger partial charge in [0.15, 0.2) is 11.6 Å². The molecule has 0 radical (unpaired) electrons. The lowest BCUT2D eigenvalue weighted by molar-refractivity contribution is -0.111. The summed E-state index contributed by atoms with van der Waals surface area (Å²) in [5.41, 5.74) is 0.842. The molecule has 2 rings (SSSR count). The van der Waals surface area contributed by atoms with Crippen molar-refractivity contribution in [2.24, 2.45) is 0 Å². The van der Waals surface area contributed by atoms with E-state index < -0.39 is 17.5 Å². The molecule has 0 bridgehead atoms. The first-order chi connectivity index (χ1) is 11.0. The minimum atomic E-state index is -1.02. The number of methoxy groups -OCH3 is 2. The number of rotatable bonds is 5. The summed E-state index contributed by atoms with van der Waals surface area (Å²) in [6, 6.07) is 8.29. The first kappa shape index (κ1) is 16.5. The second-order valence-electron chi connectivity index (χ2n) is 4.56. The molecule has 0 aromatic heterocycles. The van der Waals surface area contributed by atoms with Crippen LogP contribution < -0.4 is 14.8 Å². The molecule has 4 nitrogen and oxygen atoms in total. The number of amides is 1. The molecule has 0 aliphatic carbocycles. The zero-order chi connectivity index (χ0) is 16.8. The number of nitrogens with one attached hydrogen (secondary N) is 1. The van der Waals surface area contributed by atoms with Gasteiger partial charge in [-0.1, -0.05) is 0 Å². The van der Waals surface area contributed by atoms with Gasteiger partial charge in [-0.25, -0.2) is 8.78 Å². The maximum atomic E-state index is 13.1. The Labute approximate surface area is 132 Å². The maximum absolute atomic E-state index is 13.1. The Morgan fingerprint density at radius 1 is 1.04 bits per heavy atom. The van der Waals surface area contributed by atoms with Crippen molar-refractivity contribution < 1.29 is 23.0 Å². The molecular weight excluding hydrogens is 304 g/mol. The lowest BCUT2D eigenvalue weighted by Crippen LogP contribution is -2.08. The van der Waals surface area contributed by atoms with Crippen LogP contribution in [0.15, 0.2) is 42.5 Å².